The van der Waals surface area contributed by atoms with Gasteiger partial charge in [-0.1, -0.05) is 0 Å². The van der Waals surface area contributed by atoms with E-state index in [-0.39, 0.29) is 0 Å². The van der Waals surface area contributed by atoms with E-state index in [2.05, 4.69) is 33.0 Å². The van der Waals surface area contributed by atoms with Gasteiger partial charge in [-0.15, -0.1) is 0 Å². The molecule has 0 radical (unpaired) electrons. The minimum atomic E-state index is 0.765. The molecule has 0 aromatic heterocycles. The van der Waals surface area contributed by atoms with Crippen molar-refractivity contribution in [2.75, 3.05) is 39.3 Å². The van der Waals surface area contributed by atoms with Gasteiger partial charge in [-0.05, 0) is 27.7 Å². The molecule has 4 N–H and O–H groups in total. The molecule has 0 aliphatic carbocycles. The van der Waals surface area contributed by atoms with E-state index in [1.807, 2.05) is 4.90 Å². The first-order valence-corrected chi connectivity index (χ1v) is 6.62. The van der Waals surface area contributed by atoms with Crippen LogP contribution in [0.2, 0.25) is 0 Å². The average molecular weight is 216 g/mol. The third-order valence-electron chi connectivity index (χ3n) is 3.65. The zero-order valence-corrected chi connectivity index (χ0v) is 11.0. The van der Waals surface area contributed by atoms with Gasteiger partial charge in [0.15, 0.2) is 0 Å². The number of hydrogen-bond donors (Lipinski definition) is 3. The monoisotopic (exact) mass is 216 g/mol. The number of hydrogen-bond acceptors (Lipinski definition) is 0. The minimum Gasteiger partial charge on any atom is -0.337 e. The summed E-state index contributed by atoms with van der Waals surface area (Å²) < 4.78 is 0. The molecule has 0 unspecified atom stereocenters. The lowest BCUT2D eigenvalue weighted by Gasteiger charge is -2.29. The summed E-state index contributed by atoms with van der Waals surface area (Å²) in [5.74, 6) is 0. The first kappa shape index (κ1) is 12.9. The summed E-state index contributed by atoms with van der Waals surface area (Å²) in [6.45, 7) is 17.5. The van der Waals surface area contributed by atoms with E-state index < -0.39 is 0 Å². The Hall–Kier alpha value is -0.120. The molecule has 0 aromatic rings. The molecule has 1 fully saturated rings. The highest BCUT2D eigenvalue weighted by Gasteiger charge is 2.21. The van der Waals surface area contributed by atoms with Crippen LogP contribution in [0, 0.1) is 0 Å². The van der Waals surface area contributed by atoms with Crippen molar-refractivity contribution in [2.45, 2.75) is 39.8 Å². The van der Waals surface area contributed by atoms with E-state index in [1.165, 1.54) is 39.3 Å². The summed E-state index contributed by atoms with van der Waals surface area (Å²) in [7, 11) is 0. The van der Waals surface area contributed by atoms with Gasteiger partial charge in [0.2, 0.25) is 0 Å². The van der Waals surface area contributed by atoms with Gasteiger partial charge in [0.1, 0.15) is 39.3 Å². The van der Waals surface area contributed by atoms with Crippen molar-refractivity contribution in [2.24, 2.45) is 0 Å². The molecule has 0 atom stereocenters. The third kappa shape index (κ3) is 4.49. The van der Waals surface area contributed by atoms with E-state index in [1.54, 1.807) is 4.90 Å². The Morgan fingerprint density at radius 3 is 2.07 bits per heavy atom. The largest absolute Gasteiger partial charge is 0.337 e. The summed E-state index contributed by atoms with van der Waals surface area (Å²) in [6, 6.07) is 1.53. The van der Waals surface area contributed by atoms with Crippen molar-refractivity contribution in [3.63, 3.8) is 0 Å². The second-order valence-corrected chi connectivity index (χ2v) is 5.50. The summed E-state index contributed by atoms with van der Waals surface area (Å²) in [4.78, 5) is 3.58. The Bertz CT molecular complexity index is 154. The molecule has 0 bridgehead atoms. The zero-order chi connectivity index (χ0) is 11.3. The normalized spacial score (nSPS) is 19.4. The lowest BCUT2D eigenvalue weighted by Crippen LogP contribution is -3.26. The number of nitrogens with two attached hydrogens (primary N) is 1. The fourth-order valence-electron chi connectivity index (χ4n) is 2.70. The molecule has 1 aliphatic rings. The van der Waals surface area contributed by atoms with Crippen molar-refractivity contribution < 1.29 is 15.1 Å². The van der Waals surface area contributed by atoms with Gasteiger partial charge in [0, 0.05) is 0 Å². The maximum absolute atomic E-state index is 2.44. The van der Waals surface area contributed by atoms with Gasteiger partial charge < -0.3 is 15.1 Å². The predicted molar refractivity (Wildman–Crippen MR) is 63.3 cm³/mol. The average Bonchev–Trinajstić information content (AvgIpc) is 2.18. The van der Waals surface area contributed by atoms with E-state index in [9.17, 15) is 0 Å². The van der Waals surface area contributed by atoms with Gasteiger partial charge in [-0.25, -0.2) is 0 Å². The molecule has 3 nitrogen and oxygen atoms in total. The molecular weight excluding hydrogens is 186 g/mol. The molecule has 1 aliphatic heterocycles. The van der Waals surface area contributed by atoms with Gasteiger partial charge in [-0.3, -0.25) is 0 Å². The van der Waals surface area contributed by atoms with Crippen LogP contribution >= 0.6 is 0 Å². The third-order valence-corrected chi connectivity index (χ3v) is 3.65. The quantitative estimate of drug-likeness (QED) is 0.441. The fourth-order valence-corrected chi connectivity index (χ4v) is 2.70. The molecule has 1 saturated heterocycles. The Morgan fingerprint density at radius 2 is 1.60 bits per heavy atom. The maximum atomic E-state index is 2.44. The number of quaternary nitrogens is 3. The standard InChI is InChI=1S/C12H27N3/c1-11(2)15(12(3)4)10-9-14-7-5-13-6-8-14/h11-13H,5-10H2,1-4H3/p+3. The van der Waals surface area contributed by atoms with E-state index in [0.717, 1.165) is 12.1 Å². The number of nitrogens with one attached hydrogen (secondary N) is 2. The van der Waals surface area contributed by atoms with Crippen molar-refractivity contribution in [3.8, 4) is 0 Å². The summed E-state index contributed by atoms with van der Waals surface area (Å²) >= 11 is 0. The van der Waals surface area contributed by atoms with Crippen LogP contribution in [-0.2, 0) is 0 Å². The molecule has 15 heavy (non-hydrogen) atoms. The Kier molecular flexibility index (Phi) is 5.58. The highest BCUT2D eigenvalue weighted by atomic mass is 15.2. The molecule has 0 amide bonds. The van der Waals surface area contributed by atoms with Crippen LogP contribution in [0.15, 0.2) is 0 Å². The second kappa shape index (κ2) is 6.46. The molecule has 1 heterocycles. The van der Waals surface area contributed by atoms with E-state index >= 15 is 0 Å². The molecule has 1 rings (SSSR count). The van der Waals surface area contributed by atoms with Crippen molar-refractivity contribution in [1.29, 1.82) is 0 Å². The Labute approximate surface area is 94.8 Å². The second-order valence-electron chi connectivity index (χ2n) is 5.50. The highest BCUT2D eigenvalue weighted by molar-refractivity contribution is 4.42. The molecule has 0 spiro atoms. The summed E-state index contributed by atoms with van der Waals surface area (Å²) in [6.07, 6.45) is 0. The predicted octanol–water partition coefficient (Wildman–Crippen LogP) is -2.85. The number of rotatable bonds is 5. The van der Waals surface area contributed by atoms with Gasteiger partial charge >= 0.3 is 0 Å². The highest BCUT2D eigenvalue weighted by Crippen LogP contribution is 1.75. The SMILES string of the molecule is CC(C)[NH+](CC[NH+]1CC[NH2+]CC1)C(C)C. The van der Waals surface area contributed by atoms with E-state index in [0.29, 0.717) is 0 Å². The lowest BCUT2D eigenvalue weighted by molar-refractivity contribution is -0.995. The first-order valence-electron chi connectivity index (χ1n) is 6.62. The van der Waals surface area contributed by atoms with Gasteiger partial charge in [-0.2, -0.15) is 0 Å². The number of piperazine rings is 1. The van der Waals surface area contributed by atoms with E-state index in [4.69, 9.17) is 0 Å². The van der Waals surface area contributed by atoms with Crippen LogP contribution in [0.1, 0.15) is 27.7 Å². The summed E-state index contributed by atoms with van der Waals surface area (Å²) in [5, 5.41) is 2.44. The Balaban J connectivity index is 2.26. The van der Waals surface area contributed by atoms with Crippen LogP contribution < -0.4 is 15.1 Å². The first-order chi connectivity index (χ1) is 7.11. The minimum absolute atomic E-state index is 0.765. The van der Waals surface area contributed by atoms with Crippen molar-refractivity contribution in [3.05, 3.63) is 0 Å². The van der Waals surface area contributed by atoms with Crippen LogP contribution in [0.3, 0.4) is 0 Å². The van der Waals surface area contributed by atoms with Crippen LogP contribution in [0.5, 0.6) is 0 Å². The van der Waals surface area contributed by atoms with Crippen molar-refractivity contribution >= 4 is 0 Å². The van der Waals surface area contributed by atoms with Gasteiger partial charge in [0.05, 0.1) is 12.1 Å². The molecule has 0 saturated carbocycles. The van der Waals surface area contributed by atoms with Crippen LogP contribution in [0.4, 0.5) is 0 Å². The zero-order valence-electron chi connectivity index (χ0n) is 11.0. The van der Waals surface area contributed by atoms with Crippen LogP contribution in [0.25, 0.3) is 0 Å². The molecule has 3 heteroatoms. The Morgan fingerprint density at radius 1 is 1.07 bits per heavy atom. The fraction of sp³-hybridized carbons (Fsp3) is 1.00. The molecular formula is C12H30N3+3. The maximum Gasteiger partial charge on any atom is 0.127 e. The smallest absolute Gasteiger partial charge is 0.127 e. The molecule has 0 aromatic carbocycles. The van der Waals surface area contributed by atoms with Crippen molar-refractivity contribution in [1.82, 2.24) is 0 Å². The summed E-state index contributed by atoms with van der Waals surface area (Å²) in [5.41, 5.74) is 0. The van der Waals surface area contributed by atoms with Gasteiger partial charge in [0.25, 0.3) is 0 Å². The topological polar surface area (TPSA) is 25.5 Å². The lowest BCUT2D eigenvalue weighted by atomic mass is 10.2. The van der Waals surface area contributed by atoms with Crippen LogP contribution in [-0.4, -0.2) is 51.4 Å². The molecule has 90 valence electrons.